The monoisotopic (exact) mass is 250 g/mol. The minimum atomic E-state index is 0.198. The summed E-state index contributed by atoms with van der Waals surface area (Å²) in [5.41, 5.74) is 4.02. The Morgan fingerprint density at radius 3 is 3.06 bits per heavy atom. The van der Waals surface area contributed by atoms with E-state index in [0.717, 1.165) is 24.8 Å². The Kier molecular flexibility index (Phi) is 4.30. The van der Waals surface area contributed by atoms with Crippen molar-refractivity contribution in [1.82, 2.24) is 15.2 Å². The van der Waals surface area contributed by atoms with E-state index in [9.17, 15) is 0 Å². The van der Waals surface area contributed by atoms with E-state index in [1.165, 1.54) is 4.88 Å². The molecule has 0 aliphatic heterocycles. The molecule has 0 aromatic carbocycles. The minimum Gasteiger partial charge on any atom is -0.275 e. The highest BCUT2D eigenvalue weighted by molar-refractivity contribution is 7.09. The summed E-state index contributed by atoms with van der Waals surface area (Å²) in [7, 11) is 1.92. The topological polar surface area (TPSA) is 55.9 Å². The molecule has 0 radical (unpaired) electrons. The van der Waals surface area contributed by atoms with Gasteiger partial charge in [0.25, 0.3) is 0 Å². The number of thiophene rings is 1. The number of aromatic nitrogens is 2. The van der Waals surface area contributed by atoms with Crippen LogP contribution in [0, 0.1) is 0 Å². The minimum absolute atomic E-state index is 0.198. The SMILES string of the molecule is Cn1cc(C(CCCc2cccs2)NN)cn1. The molecule has 0 saturated heterocycles. The van der Waals surface area contributed by atoms with E-state index in [-0.39, 0.29) is 6.04 Å². The van der Waals surface area contributed by atoms with Crippen LogP contribution >= 0.6 is 11.3 Å². The summed E-state index contributed by atoms with van der Waals surface area (Å²) in [6.07, 6.45) is 7.16. The van der Waals surface area contributed by atoms with Gasteiger partial charge in [0, 0.05) is 29.7 Å². The van der Waals surface area contributed by atoms with E-state index in [1.807, 2.05) is 30.8 Å². The fourth-order valence-corrected chi connectivity index (χ4v) is 2.65. The van der Waals surface area contributed by atoms with Crippen LogP contribution in [0.4, 0.5) is 0 Å². The summed E-state index contributed by atoms with van der Waals surface area (Å²) < 4.78 is 1.80. The molecular formula is C12H18N4S. The van der Waals surface area contributed by atoms with Crippen molar-refractivity contribution in [3.63, 3.8) is 0 Å². The third-order valence-electron chi connectivity index (χ3n) is 2.82. The van der Waals surface area contributed by atoms with E-state index >= 15 is 0 Å². The maximum Gasteiger partial charge on any atom is 0.0538 e. The molecule has 92 valence electrons. The lowest BCUT2D eigenvalue weighted by Crippen LogP contribution is -2.27. The van der Waals surface area contributed by atoms with Crippen molar-refractivity contribution in [2.75, 3.05) is 0 Å². The van der Waals surface area contributed by atoms with Gasteiger partial charge >= 0.3 is 0 Å². The molecule has 2 rings (SSSR count). The van der Waals surface area contributed by atoms with Crippen LogP contribution in [-0.4, -0.2) is 9.78 Å². The summed E-state index contributed by atoms with van der Waals surface area (Å²) in [5, 5.41) is 6.29. The van der Waals surface area contributed by atoms with Gasteiger partial charge in [0.05, 0.1) is 6.20 Å². The number of nitrogens with two attached hydrogens (primary N) is 1. The van der Waals surface area contributed by atoms with Crippen LogP contribution in [0.1, 0.15) is 29.3 Å². The van der Waals surface area contributed by atoms with Crippen molar-refractivity contribution in [2.45, 2.75) is 25.3 Å². The molecule has 0 spiro atoms. The molecule has 0 amide bonds. The number of hydrogen-bond donors (Lipinski definition) is 2. The van der Waals surface area contributed by atoms with Crippen molar-refractivity contribution >= 4 is 11.3 Å². The highest BCUT2D eigenvalue weighted by Crippen LogP contribution is 2.19. The molecule has 1 unspecified atom stereocenters. The van der Waals surface area contributed by atoms with Crippen molar-refractivity contribution < 1.29 is 0 Å². The van der Waals surface area contributed by atoms with Crippen molar-refractivity contribution in [3.8, 4) is 0 Å². The average Bonchev–Trinajstić information content (AvgIpc) is 2.96. The third-order valence-corrected chi connectivity index (χ3v) is 3.76. The van der Waals surface area contributed by atoms with Crippen LogP contribution in [-0.2, 0) is 13.5 Å². The van der Waals surface area contributed by atoms with Gasteiger partial charge in [0.15, 0.2) is 0 Å². The van der Waals surface area contributed by atoms with E-state index < -0.39 is 0 Å². The number of nitrogens with zero attached hydrogens (tertiary/aromatic N) is 2. The van der Waals surface area contributed by atoms with Crippen LogP contribution in [0.2, 0.25) is 0 Å². The average molecular weight is 250 g/mol. The van der Waals surface area contributed by atoms with Gasteiger partial charge in [-0.15, -0.1) is 11.3 Å². The first-order valence-electron chi connectivity index (χ1n) is 5.76. The lowest BCUT2D eigenvalue weighted by Gasteiger charge is -2.13. The van der Waals surface area contributed by atoms with Crippen molar-refractivity contribution in [2.24, 2.45) is 12.9 Å². The molecule has 0 saturated carbocycles. The summed E-state index contributed by atoms with van der Waals surface area (Å²) in [6.45, 7) is 0. The first-order valence-corrected chi connectivity index (χ1v) is 6.64. The van der Waals surface area contributed by atoms with E-state index in [0.29, 0.717) is 0 Å². The second kappa shape index (κ2) is 5.95. The fraction of sp³-hybridized carbons (Fsp3) is 0.417. The summed E-state index contributed by atoms with van der Waals surface area (Å²) in [5.74, 6) is 5.59. The molecule has 2 aromatic rings. The predicted octanol–water partition coefficient (Wildman–Crippen LogP) is 2.01. The maximum atomic E-state index is 5.59. The second-order valence-electron chi connectivity index (χ2n) is 4.14. The second-order valence-corrected chi connectivity index (χ2v) is 5.17. The molecule has 3 N–H and O–H groups in total. The molecule has 1 atom stereocenters. The molecule has 17 heavy (non-hydrogen) atoms. The highest BCUT2D eigenvalue weighted by Gasteiger charge is 2.11. The van der Waals surface area contributed by atoms with Crippen molar-refractivity contribution in [3.05, 3.63) is 40.3 Å². The quantitative estimate of drug-likeness (QED) is 0.609. The number of nitrogens with one attached hydrogen (secondary N) is 1. The summed E-state index contributed by atoms with van der Waals surface area (Å²) in [6, 6.07) is 4.48. The van der Waals surface area contributed by atoms with E-state index in [2.05, 4.69) is 28.0 Å². The Morgan fingerprint density at radius 1 is 1.59 bits per heavy atom. The first-order chi connectivity index (χ1) is 8.29. The highest BCUT2D eigenvalue weighted by atomic mass is 32.1. The Balaban J connectivity index is 1.84. The van der Waals surface area contributed by atoms with Crippen LogP contribution in [0.25, 0.3) is 0 Å². The molecule has 0 aliphatic carbocycles. The number of hydrogen-bond acceptors (Lipinski definition) is 4. The van der Waals surface area contributed by atoms with E-state index in [1.54, 1.807) is 4.68 Å². The van der Waals surface area contributed by atoms with Gasteiger partial charge in [0.2, 0.25) is 0 Å². The first kappa shape index (κ1) is 12.3. The molecule has 2 heterocycles. The van der Waals surface area contributed by atoms with Gasteiger partial charge in [-0.2, -0.15) is 5.10 Å². The third kappa shape index (κ3) is 3.39. The van der Waals surface area contributed by atoms with Gasteiger partial charge in [-0.25, -0.2) is 0 Å². The smallest absolute Gasteiger partial charge is 0.0538 e. The Hall–Kier alpha value is -1.17. The zero-order chi connectivity index (χ0) is 12.1. The van der Waals surface area contributed by atoms with Gasteiger partial charge in [0.1, 0.15) is 0 Å². The van der Waals surface area contributed by atoms with Crippen LogP contribution in [0.3, 0.4) is 0 Å². The summed E-state index contributed by atoms with van der Waals surface area (Å²) >= 11 is 1.81. The lowest BCUT2D eigenvalue weighted by molar-refractivity contribution is 0.499. The number of hydrazine groups is 1. The zero-order valence-electron chi connectivity index (χ0n) is 9.97. The fourth-order valence-electron chi connectivity index (χ4n) is 1.90. The molecule has 0 bridgehead atoms. The Bertz CT molecular complexity index is 435. The van der Waals surface area contributed by atoms with Gasteiger partial charge in [-0.1, -0.05) is 6.07 Å². The van der Waals surface area contributed by atoms with Gasteiger partial charge < -0.3 is 0 Å². The Morgan fingerprint density at radius 2 is 2.47 bits per heavy atom. The lowest BCUT2D eigenvalue weighted by atomic mass is 10.0. The molecule has 0 fully saturated rings. The zero-order valence-corrected chi connectivity index (χ0v) is 10.8. The standard InChI is InChI=1S/C12H18N4S/c1-16-9-10(8-14-16)12(15-13)6-2-4-11-5-3-7-17-11/h3,5,7-9,12,15H,2,4,6,13H2,1H3. The molecular weight excluding hydrogens is 232 g/mol. The predicted molar refractivity (Wildman–Crippen MR) is 70.5 cm³/mol. The molecule has 0 aliphatic rings. The van der Waals surface area contributed by atoms with Crippen molar-refractivity contribution in [1.29, 1.82) is 0 Å². The largest absolute Gasteiger partial charge is 0.275 e. The normalized spacial score (nSPS) is 12.8. The molecule has 4 nitrogen and oxygen atoms in total. The van der Waals surface area contributed by atoms with Crippen LogP contribution in [0.15, 0.2) is 29.9 Å². The molecule has 2 aromatic heterocycles. The molecule has 5 heteroatoms. The maximum absolute atomic E-state index is 5.59. The van der Waals surface area contributed by atoms with Gasteiger partial charge in [-0.3, -0.25) is 16.0 Å². The number of rotatable bonds is 6. The van der Waals surface area contributed by atoms with Crippen LogP contribution in [0.5, 0.6) is 0 Å². The van der Waals surface area contributed by atoms with Crippen LogP contribution < -0.4 is 11.3 Å². The number of aryl methyl sites for hydroxylation is 2. The van der Waals surface area contributed by atoms with E-state index in [4.69, 9.17) is 5.84 Å². The van der Waals surface area contributed by atoms with Gasteiger partial charge in [-0.05, 0) is 30.7 Å². The summed E-state index contributed by atoms with van der Waals surface area (Å²) in [4.78, 5) is 1.44. The Labute approximate surface area is 105 Å².